The monoisotopic (exact) mass is 858 g/mol. The molecule has 3 nitrogen and oxygen atoms in total. The van der Waals surface area contributed by atoms with E-state index in [9.17, 15) is 0 Å². The fourth-order valence-corrected chi connectivity index (χ4v) is 12.6. The maximum atomic E-state index is 6.97. The molecule has 0 atom stereocenters. The Hall–Kier alpha value is -8.12. The van der Waals surface area contributed by atoms with Gasteiger partial charge in [0.1, 0.15) is 11.2 Å². The van der Waals surface area contributed by atoms with Crippen LogP contribution in [0.2, 0.25) is 0 Å². The molecule has 10 aromatic carbocycles. The van der Waals surface area contributed by atoms with Crippen LogP contribution in [0.3, 0.4) is 0 Å². The summed E-state index contributed by atoms with van der Waals surface area (Å²) in [5, 5.41) is 8.88. The van der Waals surface area contributed by atoms with E-state index in [0.29, 0.717) is 0 Å². The van der Waals surface area contributed by atoms with Crippen molar-refractivity contribution in [3.63, 3.8) is 0 Å². The van der Waals surface area contributed by atoms with E-state index in [1.165, 1.54) is 75.9 Å². The third kappa shape index (κ3) is 5.32. The standard InChI is InChI=1S/C61H39BN2OS/c1-4-18-38(19-5-1)39-34-35-44(50(36-39)63-49-30-16-26-43-42-24-11-15-33-55(42)66-60(43)49)57-56-45-25-10-14-32-53(45)65-54(56)37-52-58(57)62-48-29-17-28-47-59(48)64(52)51-31-13-12-27-46(51)61(47,40-20-6-2-7-21-40)41-22-8-3-9-23-41/h1-37,62-63H. The minimum absolute atomic E-state index is 0.553. The molecule has 0 saturated carbocycles. The first-order valence-electron chi connectivity index (χ1n) is 22.7. The van der Waals surface area contributed by atoms with Crippen LogP contribution >= 0.6 is 11.3 Å². The predicted molar refractivity (Wildman–Crippen MR) is 280 cm³/mol. The third-order valence-electron chi connectivity index (χ3n) is 14.1. The molecular formula is C61H39BN2OS. The van der Waals surface area contributed by atoms with Crippen molar-refractivity contribution in [3.05, 3.63) is 247 Å². The minimum Gasteiger partial charge on any atom is -0.456 e. The quantitative estimate of drug-likeness (QED) is 0.169. The lowest BCUT2D eigenvalue weighted by atomic mass is 9.54. The van der Waals surface area contributed by atoms with Gasteiger partial charge in [-0.2, -0.15) is 0 Å². The lowest BCUT2D eigenvalue weighted by molar-refractivity contribution is 0.669. The summed E-state index contributed by atoms with van der Waals surface area (Å²) in [5.41, 5.74) is 19.1. The molecule has 5 heteroatoms. The Bertz CT molecular complexity index is 3860. The van der Waals surface area contributed by atoms with Gasteiger partial charge in [-0.1, -0.05) is 194 Å². The van der Waals surface area contributed by atoms with Gasteiger partial charge < -0.3 is 14.6 Å². The van der Waals surface area contributed by atoms with Crippen molar-refractivity contribution in [1.82, 2.24) is 0 Å². The molecule has 0 radical (unpaired) electrons. The second kappa shape index (κ2) is 14.4. The van der Waals surface area contributed by atoms with Crippen LogP contribution in [0.4, 0.5) is 28.4 Å². The molecule has 2 aliphatic rings. The Balaban J connectivity index is 1.07. The number of anilines is 5. The van der Waals surface area contributed by atoms with Gasteiger partial charge in [0.05, 0.1) is 21.5 Å². The van der Waals surface area contributed by atoms with Crippen molar-refractivity contribution in [2.75, 3.05) is 10.2 Å². The van der Waals surface area contributed by atoms with Crippen molar-refractivity contribution < 1.29 is 4.42 Å². The molecule has 66 heavy (non-hydrogen) atoms. The van der Waals surface area contributed by atoms with E-state index in [-0.39, 0.29) is 0 Å². The van der Waals surface area contributed by atoms with Crippen molar-refractivity contribution in [1.29, 1.82) is 0 Å². The molecule has 0 amide bonds. The third-order valence-corrected chi connectivity index (χ3v) is 15.4. The molecular weight excluding hydrogens is 820 g/mol. The highest BCUT2D eigenvalue weighted by molar-refractivity contribution is 7.26. The van der Waals surface area contributed by atoms with Crippen LogP contribution < -0.4 is 21.1 Å². The second-order valence-electron chi connectivity index (χ2n) is 17.6. The first-order chi connectivity index (χ1) is 32.7. The first-order valence-corrected chi connectivity index (χ1v) is 23.5. The first kappa shape index (κ1) is 37.3. The van der Waals surface area contributed by atoms with Crippen molar-refractivity contribution >= 4 is 100 Å². The van der Waals surface area contributed by atoms with E-state index in [0.717, 1.165) is 57.4 Å². The highest BCUT2D eigenvalue weighted by Crippen LogP contribution is 2.58. The Morgan fingerprint density at radius 2 is 1.15 bits per heavy atom. The molecule has 2 aliphatic heterocycles. The summed E-state index contributed by atoms with van der Waals surface area (Å²) in [6.45, 7) is 0. The second-order valence-corrected chi connectivity index (χ2v) is 18.6. The number of nitrogens with zero attached hydrogens (tertiary/aromatic N) is 1. The summed E-state index contributed by atoms with van der Waals surface area (Å²) < 4.78 is 9.50. The van der Waals surface area contributed by atoms with Gasteiger partial charge in [-0.15, -0.1) is 11.3 Å². The van der Waals surface area contributed by atoms with Crippen molar-refractivity contribution in [2.45, 2.75) is 5.41 Å². The fraction of sp³-hybridized carbons (Fsp3) is 0.0164. The van der Waals surface area contributed by atoms with Gasteiger partial charge in [0.15, 0.2) is 7.28 Å². The molecule has 0 fully saturated rings. The Morgan fingerprint density at radius 3 is 1.97 bits per heavy atom. The van der Waals surface area contributed by atoms with Crippen LogP contribution in [0.15, 0.2) is 229 Å². The minimum atomic E-state index is -0.553. The molecule has 12 aromatic rings. The summed E-state index contributed by atoms with van der Waals surface area (Å²) in [4.78, 5) is 2.56. The van der Waals surface area contributed by atoms with E-state index in [2.05, 4.69) is 235 Å². The van der Waals surface area contributed by atoms with Gasteiger partial charge in [0, 0.05) is 54.9 Å². The SMILES string of the molecule is B1c2cccc3c2N(c2ccccc2C3(c2ccccc2)c2ccccc2)c2cc3oc4ccccc4c3c(-c3ccc(-c4ccccc4)cc3Nc3cccc4c3sc3ccccc34)c21. The van der Waals surface area contributed by atoms with Gasteiger partial charge in [-0.25, -0.2) is 0 Å². The van der Waals surface area contributed by atoms with Crippen LogP contribution in [0, 0.1) is 0 Å². The number of rotatable bonds is 6. The maximum Gasteiger partial charge on any atom is 0.198 e. The zero-order valence-electron chi connectivity index (χ0n) is 35.8. The summed E-state index contributed by atoms with van der Waals surface area (Å²) in [7, 11) is 0.743. The topological polar surface area (TPSA) is 28.4 Å². The van der Waals surface area contributed by atoms with Gasteiger partial charge in [0.25, 0.3) is 0 Å². The zero-order valence-corrected chi connectivity index (χ0v) is 36.6. The predicted octanol–water partition coefficient (Wildman–Crippen LogP) is 14.9. The molecule has 1 N–H and O–H groups in total. The molecule has 0 aliphatic carbocycles. The molecule has 0 spiro atoms. The van der Waals surface area contributed by atoms with Crippen LogP contribution in [0.25, 0.3) is 64.4 Å². The largest absolute Gasteiger partial charge is 0.456 e. The average molecular weight is 859 g/mol. The van der Waals surface area contributed by atoms with Gasteiger partial charge >= 0.3 is 0 Å². The molecule has 14 rings (SSSR count). The van der Waals surface area contributed by atoms with Gasteiger partial charge in [-0.05, 0) is 74.7 Å². The molecule has 0 bridgehead atoms. The number of hydrogen-bond donors (Lipinski definition) is 1. The Morgan fingerprint density at radius 1 is 0.485 bits per heavy atom. The number of para-hydroxylation sites is 3. The lowest BCUT2D eigenvalue weighted by Crippen LogP contribution is -2.47. The van der Waals surface area contributed by atoms with Crippen molar-refractivity contribution in [2.24, 2.45) is 0 Å². The number of hydrogen-bond acceptors (Lipinski definition) is 4. The summed E-state index contributed by atoms with van der Waals surface area (Å²) in [5.74, 6) is 0. The van der Waals surface area contributed by atoms with E-state index in [1.54, 1.807) is 0 Å². The average Bonchev–Trinajstić information content (AvgIpc) is 3.96. The Kier molecular flexibility index (Phi) is 8.16. The van der Waals surface area contributed by atoms with E-state index in [1.807, 2.05) is 11.3 Å². The zero-order chi connectivity index (χ0) is 43.3. The highest BCUT2D eigenvalue weighted by Gasteiger charge is 2.48. The number of furan rings is 1. The summed E-state index contributed by atoms with van der Waals surface area (Å²) in [6, 6.07) is 82.2. The van der Waals surface area contributed by atoms with Gasteiger partial charge in [-0.3, -0.25) is 0 Å². The van der Waals surface area contributed by atoms with E-state index >= 15 is 0 Å². The van der Waals surface area contributed by atoms with Crippen LogP contribution in [0.5, 0.6) is 0 Å². The molecule has 308 valence electrons. The van der Waals surface area contributed by atoms with Gasteiger partial charge in [0.2, 0.25) is 0 Å². The normalized spacial score (nSPS) is 13.4. The van der Waals surface area contributed by atoms with Crippen LogP contribution in [0.1, 0.15) is 22.3 Å². The number of benzene rings is 10. The number of nitrogens with one attached hydrogen (secondary N) is 1. The fourth-order valence-electron chi connectivity index (χ4n) is 11.4. The van der Waals surface area contributed by atoms with Crippen LogP contribution in [-0.4, -0.2) is 7.28 Å². The highest BCUT2D eigenvalue weighted by atomic mass is 32.1. The smallest absolute Gasteiger partial charge is 0.198 e. The lowest BCUT2D eigenvalue weighted by Gasteiger charge is -2.49. The maximum absolute atomic E-state index is 6.97. The molecule has 2 aromatic heterocycles. The number of fused-ring (bicyclic) bond motifs is 10. The Labute approximate surface area is 387 Å². The molecule has 0 unspecified atom stereocenters. The van der Waals surface area contributed by atoms with E-state index in [4.69, 9.17) is 4.42 Å². The summed E-state index contributed by atoms with van der Waals surface area (Å²) >= 11 is 1.85. The molecule has 0 saturated heterocycles. The van der Waals surface area contributed by atoms with Crippen LogP contribution in [-0.2, 0) is 5.41 Å². The molecule has 4 heterocycles. The summed E-state index contributed by atoms with van der Waals surface area (Å²) in [6.07, 6.45) is 0. The van der Waals surface area contributed by atoms with Crippen molar-refractivity contribution in [3.8, 4) is 22.3 Å². The van der Waals surface area contributed by atoms with E-state index < -0.39 is 5.41 Å². The number of thiophene rings is 1.